The van der Waals surface area contributed by atoms with Gasteiger partial charge in [-0.25, -0.2) is 9.78 Å². The molecule has 0 saturated heterocycles. The highest BCUT2D eigenvalue weighted by atomic mass is 16.5. The molecule has 0 radical (unpaired) electrons. The van der Waals surface area contributed by atoms with E-state index in [-0.39, 0.29) is 5.97 Å². The summed E-state index contributed by atoms with van der Waals surface area (Å²) in [5.41, 5.74) is 2.90. The topological polar surface area (TPSA) is 56.5 Å². The van der Waals surface area contributed by atoms with Gasteiger partial charge >= 0.3 is 5.97 Å². The standard InChI is InChI=1S/C14H11N3O2/c1-19-14(18)12-3-2-4-13-16-11(9-17(12)13)10-5-7-15-8-6-10/h2-9H,1H3. The summed E-state index contributed by atoms with van der Waals surface area (Å²) in [5, 5.41) is 0. The van der Waals surface area contributed by atoms with E-state index >= 15 is 0 Å². The monoisotopic (exact) mass is 253 g/mol. The van der Waals surface area contributed by atoms with Crippen LogP contribution in [0.4, 0.5) is 0 Å². The summed E-state index contributed by atoms with van der Waals surface area (Å²) < 4.78 is 6.49. The molecular weight excluding hydrogens is 242 g/mol. The smallest absolute Gasteiger partial charge is 0.355 e. The molecular formula is C14H11N3O2. The highest BCUT2D eigenvalue weighted by molar-refractivity contribution is 5.88. The molecule has 0 aromatic carbocycles. The number of methoxy groups -OCH3 is 1. The Kier molecular flexibility index (Phi) is 2.72. The molecule has 0 fully saturated rings. The Labute approximate surface area is 109 Å². The van der Waals surface area contributed by atoms with Crippen LogP contribution in [0.25, 0.3) is 16.9 Å². The van der Waals surface area contributed by atoms with E-state index in [1.807, 2.05) is 24.4 Å². The molecule has 0 aliphatic rings. The zero-order chi connectivity index (χ0) is 13.2. The third-order valence-corrected chi connectivity index (χ3v) is 2.86. The largest absolute Gasteiger partial charge is 0.464 e. The lowest BCUT2D eigenvalue weighted by Gasteiger charge is -2.01. The van der Waals surface area contributed by atoms with Gasteiger partial charge in [-0.1, -0.05) is 6.07 Å². The maximum absolute atomic E-state index is 11.7. The number of hydrogen-bond acceptors (Lipinski definition) is 4. The summed E-state index contributed by atoms with van der Waals surface area (Å²) in [6.45, 7) is 0. The van der Waals surface area contributed by atoms with Crippen LogP contribution in [0.15, 0.2) is 48.9 Å². The molecule has 5 heteroatoms. The number of pyridine rings is 2. The Bertz CT molecular complexity index is 735. The van der Waals surface area contributed by atoms with Gasteiger partial charge in [0.15, 0.2) is 0 Å². The molecule has 0 aliphatic heterocycles. The number of ether oxygens (including phenoxy) is 1. The molecule has 0 unspecified atom stereocenters. The van der Waals surface area contributed by atoms with Crippen LogP contribution in [0, 0.1) is 0 Å². The summed E-state index contributed by atoms with van der Waals surface area (Å²) in [4.78, 5) is 20.2. The van der Waals surface area contributed by atoms with Crippen molar-refractivity contribution in [3.63, 3.8) is 0 Å². The first kappa shape index (κ1) is 11.4. The van der Waals surface area contributed by atoms with Gasteiger partial charge in [0.2, 0.25) is 0 Å². The van der Waals surface area contributed by atoms with Crippen molar-refractivity contribution in [3.8, 4) is 11.3 Å². The molecule has 0 saturated carbocycles. The number of nitrogens with zero attached hydrogens (tertiary/aromatic N) is 3. The van der Waals surface area contributed by atoms with E-state index in [4.69, 9.17) is 4.74 Å². The molecule has 0 atom stereocenters. The minimum absolute atomic E-state index is 0.385. The van der Waals surface area contributed by atoms with Crippen molar-refractivity contribution in [2.24, 2.45) is 0 Å². The third kappa shape index (κ3) is 1.95. The van der Waals surface area contributed by atoms with Crippen molar-refractivity contribution >= 4 is 11.6 Å². The lowest BCUT2D eigenvalue weighted by molar-refractivity contribution is 0.0592. The summed E-state index contributed by atoms with van der Waals surface area (Å²) >= 11 is 0. The first-order valence-electron chi connectivity index (χ1n) is 5.76. The van der Waals surface area contributed by atoms with Crippen molar-refractivity contribution in [1.29, 1.82) is 0 Å². The molecule has 19 heavy (non-hydrogen) atoms. The van der Waals surface area contributed by atoms with Crippen LogP contribution in [-0.4, -0.2) is 27.4 Å². The number of rotatable bonds is 2. The number of carbonyl (C=O) groups is 1. The molecule has 0 bridgehead atoms. The number of aromatic nitrogens is 3. The molecule has 0 N–H and O–H groups in total. The van der Waals surface area contributed by atoms with Gasteiger partial charge in [-0.15, -0.1) is 0 Å². The molecule has 3 aromatic heterocycles. The normalized spacial score (nSPS) is 10.6. The number of carbonyl (C=O) groups excluding carboxylic acids is 1. The van der Waals surface area contributed by atoms with Crippen molar-refractivity contribution < 1.29 is 9.53 Å². The van der Waals surface area contributed by atoms with Crippen molar-refractivity contribution in [2.45, 2.75) is 0 Å². The number of hydrogen-bond donors (Lipinski definition) is 0. The first-order chi connectivity index (χ1) is 9.29. The Morgan fingerprint density at radius 1 is 1.21 bits per heavy atom. The highest BCUT2D eigenvalue weighted by Crippen LogP contribution is 2.19. The van der Waals surface area contributed by atoms with Crippen LogP contribution in [0.5, 0.6) is 0 Å². The summed E-state index contributed by atoms with van der Waals surface area (Å²) in [6.07, 6.45) is 5.23. The van der Waals surface area contributed by atoms with Gasteiger partial charge in [0.1, 0.15) is 11.3 Å². The quantitative estimate of drug-likeness (QED) is 0.657. The van der Waals surface area contributed by atoms with E-state index in [0.29, 0.717) is 11.3 Å². The van der Waals surface area contributed by atoms with E-state index < -0.39 is 0 Å². The van der Waals surface area contributed by atoms with Crippen molar-refractivity contribution in [3.05, 3.63) is 54.6 Å². The van der Waals surface area contributed by atoms with E-state index in [9.17, 15) is 4.79 Å². The van der Waals surface area contributed by atoms with Gasteiger partial charge in [0, 0.05) is 24.2 Å². The third-order valence-electron chi connectivity index (χ3n) is 2.86. The predicted octanol–water partition coefficient (Wildman–Crippen LogP) is 2.18. The second kappa shape index (κ2) is 4.53. The lowest BCUT2D eigenvalue weighted by Crippen LogP contribution is -2.06. The molecule has 0 amide bonds. The predicted molar refractivity (Wildman–Crippen MR) is 69.8 cm³/mol. The lowest BCUT2D eigenvalue weighted by atomic mass is 10.2. The molecule has 5 nitrogen and oxygen atoms in total. The Balaban J connectivity index is 2.19. The Morgan fingerprint density at radius 2 is 2.00 bits per heavy atom. The average Bonchev–Trinajstić information content (AvgIpc) is 2.91. The zero-order valence-corrected chi connectivity index (χ0v) is 10.3. The van der Waals surface area contributed by atoms with Crippen LogP contribution in [0.2, 0.25) is 0 Å². The molecule has 0 spiro atoms. The minimum atomic E-state index is -0.385. The number of esters is 1. The average molecular weight is 253 g/mol. The maximum atomic E-state index is 11.7. The van der Waals surface area contributed by atoms with Crippen molar-refractivity contribution in [2.75, 3.05) is 7.11 Å². The van der Waals surface area contributed by atoms with E-state index in [2.05, 4.69) is 9.97 Å². The van der Waals surface area contributed by atoms with E-state index in [0.717, 1.165) is 11.3 Å². The molecule has 0 aliphatic carbocycles. The molecule has 3 rings (SSSR count). The summed E-state index contributed by atoms with van der Waals surface area (Å²) in [5.74, 6) is -0.385. The van der Waals surface area contributed by atoms with Gasteiger partial charge in [-0.3, -0.25) is 9.38 Å². The van der Waals surface area contributed by atoms with Crippen LogP contribution in [0.3, 0.4) is 0 Å². The fraction of sp³-hybridized carbons (Fsp3) is 0.0714. The van der Waals surface area contributed by atoms with E-state index in [1.165, 1.54) is 7.11 Å². The second-order valence-electron chi connectivity index (χ2n) is 3.99. The first-order valence-corrected chi connectivity index (χ1v) is 5.76. The number of imidazole rings is 1. The summed E-state index contributed by atoms with van der Waals surface area (Å²) in [7, 11) is 1.36. The van der Waals surface area contributed by atoms with Crippen LogP contribution < -0.4 is 0 Å². The van der Waals surface area contributed by atoms with Gasteiger partial charge in [0.05, 0.1) is 12.8 Å². The van der Waals surface area contributed by atoms with Gasteiger partial charge in [0.25, 0.3) is 0 Å². The van der Waals surface area contributed by atoms with Gasteiger partial charge in [-0.05, 0) is 24.3 Å². The van der Waals surface area contributed by atoms with Crippen LogP contribution in [0.1, 0.15) is 10.5 Å². The molecule has 94 valence electrons. The fourth-order valence-electron chi connectivity index (χ4n) is 1.94. The second-order valence-corrected chi connectivity index (χ2v) is 3.99. The van der Waals surface area contributed by atoms with E-state index in [1.54, 1.807) is 28.9 Å². The minimum Gasteiger partial charge on any atom is -0.464 e. The zero-order valence-electron chi connectivity index (χ0n) is 10.3. The summed E-state index contributed by atoms with van der Waals surface area (Å²) in [6, 6.07) is 9.08. The van der Waals surface area contributed by atoms with Crippen molar-refractivity contribution in [1.82, 2.24) is 14.4 Å². The molecule has 3 heterocycles. The van der Waals surface area contributed by atoms with Crippen LogP contribution >= 0.6 is 0 Å². The highest BCUT2D eigenvalue weighted by Gasteiger charge is 2.12. The Hall–Kier alpha value is -2.69. The fourth-order valence-corrected chi connectivity index (χ4v) is 1.94. The Morgan fingerprint density at radius 3 is 2.74 bits per heavy atom. The van der Waals surface area contributed by atoms with Crippen LogP contribution in [-0.2, 0) is 4.74 Å². The maximum Gasteiger partial charge on any atom is 0.355 e. The van der Waals surface area contributed by atoms with Gasteiger partial charge in [-0.2, -0.15) is 0 Å². The molecule has 3 aromatic rings. The van der Waals surface area contributed by atoms with Gasteiger partial charge < -0.3 is 4.74 Å². The SMILES string of the molecule is COC(=O)c1cccc2nc(-c3ccncc3)cn12. The number of fused-ring (bicyclic) bond motifs is 1.